The molecule has 158 valence electrons. The number of nitrogens with zero attached hydrogens (tertiary/aromatic N) is 1. The third kappa shape index (κ3) is 16.7. The molecule has 4 nitrogen and oxygen atoms in total. The minimum absolute atomic E-state index is 0. The van der Waals surface area contributed by atoms with E-state index in [0.717, 1.165) is 52.6 Å². The van der Waals surface area contributed by atoms with Gasteiger partial charge in [0.2, 0.25) is 0 Å². The molecule has 0 saturated carbocycles. The van der Waals surface area contributed by atoms with E-state index in [2.05, 4.69) is 53.5 Å². The molecule has 2 fully saturated rings. The van der Waals surface area contributed by atoms with Crippen LogP contribution in [0.15, 0.2) is 60.7 Å². The van der Waals surface area contributed by atoms with Gasteiger partial charge in [-0.1, -0.05) is 54.1 Å². The third-order valence-electron chi connectivity index (χ3n) is 3.92. The van der Waals surface area contributed by atoms with Gasteiger partial charge < -0.3 is 34.5 Å². The summed E-state index contributed by atoms with van der Waals surface area (Å²) in [6, 6.07) is 20.7. The summed E-state index contributed by atoms with van der Waals surface area (Å²) in [7, 11) is 0. The van der Waals surface area contributed by atoms with Crippen molar-refractivity contribution in [2.24, 2.45) is 0 Å². The summed E-state index contributed by atoms with van der Waals surface area (Å²) in [5, 5.41) is 3.16. The Kier molecular flexibility index (Phi) is 26.9. The van der Waals surface area contributed by atoms with Gasteiger partial charge in [-0.25, -0.2) is 0 Å². The SMILES string of the molecule is C1COCCN1.Cc1ccccc1.[CH3-].[CH3-].[Y].[Y].c1ccc(N2CCOCC2)cc1. The van der Waals surface area contributed by atoms with Crippen LogP contribution in [0.2, 0.25) is 0 Å². The standard InChI is InChI=1S/C10H13NO.C7H8.C4H9NO.2CH3.2Y/c1-2-4-10(5-3-1)11-6-8-12-9-7-11;1-7-5-3-2-4-6-7;1-3-6-4-2-5-1;;;;/h1-5H,6-9H2;2-6H,1H3;5H,1-4H2;2*1H3;;/q;;;2*-1;;. The van der Waals surface area contributed by atoms with Gasteiger partial charge in [-0.05, 0) is 19.1 Å². The maximum atomic E-state index is 5.28. The van der Waals surface area contributed by atoms with E-state index in [1.54, 1.807) is 0 Å². The molecule has 6 heteroatoms. The van der Waals surface area contributed by atoms with Gasteiger partial charge in [0, 0.05) is 97.3 Å². The second-order valence-corrected chi connectivity index (χ2v) is 5.95. The van der Waals surface area contributed by atoms with Crippen molar-refractivity contribution in [1.82, 2.24) is 5.32 Å². The molecule has 0 unspecified atom stereocenters. The average Bonchev–Trinajstić information content (AvgIpc) is 2.72. The van der Waals surface area contributed by atoms with E-state index in [1.807, 2.05) is 24.3 Å². The molecule has 29 heavy (non-hydrogen) atoms. The Morgan fingerprint density at radius 3 is 1.48 bits per heavy atom. The van der Waals surface area contributed by atoms with Crippen molar-refractivity contribution in [3.63, 3.8) is 0 Å². The van der Waals surface area contributed by atoms with Crippen LogP contribution in [0.25, 0.3) is 0 Å². The van der Waals surface area contributed by atoms with Crippen LogP contribution in [-0.4, -0.2) is 52.6 Å². The van der Waals surface area contributed by atoms with Gasteiger partial charge in [0.25, 0.3) is 0 Å². The van der Waals surface area contributed by atoms with Crippen molar-refractivity contribution in [3.8, 4) is 0 Å². The third-order valence-corrected chi connectivity index (χ3v) is 3.92. The van der Waals surface area contributed by atoms with Crippen LogP contribution in [-0.2, 0) is 74.9 Å². The minimum Gasteiger partial charge on any atom is -0.379 e. The van der Waals surface area contributed by atoms with Crippen LogP contribution < -0.4 is 10.2 Å². The van der Waals surface area contributed by atoms with Crippen LogP contribution in [0.5, 0.6) is 0 Å². The number of aryl methyl sites for hydroxylation is 1. The predicted molar refractivity (Wildman–Crippen MR) is 117 cm³/mol. The number of nitrogens with one attached hydrogen (secondary N) is 1. The number of hydrogen-bond acceptors (Lipinski definition) is 4. The molecule has 2 aromatic carbocycles. The van der Waals surface area contributed by atoms with E-state index in [1.165, 1.54) is 11.3 Å². The number of morpholine rings is 2. The monoisotopic (exact) mass is 550 g/mol. The Morgan fingerprint density at radius 1 is 0.690 bits per heavy atom. The van der Waals surface area contributed by atoms with Gasteiger partial charge in [0.05, 0.1) is 26.4 Å². The number of anilines is 1. The fourth-order valence-electron chi connectivity index (χ4n) is 2.51. The maximum absolute atomic E-state index is 5.28. The summed E-state index contributed by atoms with van der Waals surface area (Å²) in [4.78, 5) is 2.35. The van der Waals surface area contributed by atoms with Gasteiger partial charge >= 0.3 is 0 Å². The molecule has 0 aliphatic carbocycles. The molecular formula is C23H36N2O2Y2-2. The van der Waals surface area contributed by atoms with Gasteiger partial charge in [-0.3, -0.25) is 0 Å². The number of hydrogen-bond donors (Lipinski definition) is 1. The topological polar surface area (TPSA) is 33.7 Å². The zero-order valence-electron chi connectivity index (χ0n) is 18.3. The first-order valence-corrected chi connectivity index (χ1v) is 9.04. The zero-order chi connectivity index (χ0) is 17.6. The van der Waals surface area contributed by atoms with Gasteiger partial charge in [0.1, 0.15) is 0 Å². The second kappa shape index (κ2) is 23.0. The molecule has 0 bridgehead atoms. The summed E-state index contributed by atoms with van der Waals surface area (Å²) < 4.78 is 10.3. The molecule has 2 saturated heterocycles. The molecular weight excluding hydrogens is 514 g/mol. The molecule has 0 spiro atoms. The Hall–Kier alpha value is 0.328. The van der Waals surface area contributed by atoms with Crippen LogP contribution >= 0.6 is 0 Å². The van der Waals surface area contributed by atoms with Gasteiger partial charge in [-0.15, -0.1) is 0 Å². The first-order valence-electron chi connectivity index (χ1n) is 9.04. The molecule has 0 amide bonds. The number of ether oxygens (including phenoxy) is 2. The predicted octanol–water partition coefficient (Wildman–Crippen LogP) is 4.02. The van der Waals surface area contributed by atoms with Crippen LogP contribution in [0.1, 0.15) is 5.56 Å². The van der Waals surface area contributed by atoms with Crippen LogP contribution in [0.4, 0.5) is 5.69 Å². The molecule has 4 rings (SSSR count). The van der Waals surface area contributed by atoms with Gasteiger partial charge in [-0.2, -0.15) is 0 Å². The molecule has 2 aliphatic rings. The van der Waals surface area contributed by atoms with E-state index in [4.69, 9.17) is 9.47 Å². The number of rotatable bonds is 1. The maximum Gasteiger partial charge on any atom is 0.0642 e. The van der Waals surface area contributed by atoms with Gasteiger partial charge in [0.15, 0.2) is 0 Å². The van der Waals surface area contributed by atoms with Crippen molar-refractivity contribution < 1.29 is 74.9 Å². The smallest absolute Gasteiger partial charge is 0.0642 e. The zero-order valence-corrected chi connectivity index (χ0v) is 24.0. The first-order chi connectivity index (χ1) is 12.4. The normalized spacial score (nSPS) is 14.4. The Bertz CT molecular complexity index is 538. The molecule has 2 aliphatic heterocycles. The van der Waals surface area contributed by atoms with E-state index < -0.39 is 0 Å². The summed E-state index contributed by atoms with van der Waals surface area (Å²) in [6.45, 7) is 9.66. The van der Waals surface area contributed by atoms with E-state index >= 15 is 0 Å². The molecule has 2 aromatic rings. The summed E-state index contributed by atoms with van der Waals surface area (Å²) in [6.07, 6.45) is 0. The molecule has 0 aromatic heterocycles. The largest absolute Gasteiger partial charge is 0.379 e. The molecule has 2 radical (unpaired) electrons. The number of para-hydroxylation sites is 1. The van der Waals surface area contributed by atoms with Crippen molar-refractivity contribution in [3.05, 3.63) is 81.1 Å². The average molecular weight is 550 g/mol. The summed E-state index contributed by atoms with van der Waals surface area (Å²) in [5.74, 6) is 0. The van der Waals surface area contributed by atoms with Crippen molar-refractivity contribution >= 4 is 5.69 Å². The van der Waals surface area contributed by atoms with E-state index in [-0.39, 0.29) is 80.3 Å². The second-order valence-electron chi connectivity index (χ2n) is 5.95. The molecule has 0 atom stereocenters. The summed E-state index contributed by atoms with van der Waals surface area (Å²) >= 11 is 0. The van der Waals surface area contributed by atoms with Crippen LogP contribution in [0, 0.1) is 21.8 Å². The van der Waals surface area contributed by atoms with E-state index in [0.29, 0.717) is 0 Å². The fourth-order valence-corrected chi connectivity index (χ4v) is 2.51. The van der Waals surface area contributed by atoms with Crippen LogP contribution in [0.3, 0.4) is 0 Å². The Morgan fingerprint density at radius 2 is 1.14 bits per heavy atom. The molecule has 2 heterocycles. The quantitative estimate of drug-likeness (QED) is 0.545. The first kappa shape index (κ1) is 34.0. The van der Waals surface area contributed by atoms with E-state index in [9.17, 15) is 0 Å². The summed E-state index contributed by atoms with van der Waals surface area (Å²) in [5.41, 5.74) is 2.63. The minimum atomic E-state index is 0. The van der Waals surface area contributed by atoms with Crippen molar-refractivity contribution in [2.45, 2.75) is 6.92 Å². The fraction of sp³-hybridized carbons (Fsp3) is 0.391. The van der Waals surface area contributed by atoms with Crippen molar-refractivity contribution in [1.29, 1.82) is 0 Å². The Labute approximate surface area is 229 Å². The Balaban J connectivity index is -0.000000349. The molecule has 1 N–H and O–H groups in total. The van der Waals surface area contributed by atoms with Crippen molar-refractivity contribution in [2.75, 3.05) is 57.5 Å². The number of benzene rings is 2.